The molecule has 4 aliphatic carbocycles. The van der Waals surface area contributed by atoms with Gasteiger partial charge in [-0.2, -0.15) is 13.2 Å². The van der Waals surface area contributed by atoms with Gasteiger partial charge in [-0.05, 0) is 62.0 Å². The summed E-state index contributed by atoms with van der Waals surface area (Å²) in [7, 11) is 0. The number of alkyl halides is 3. The standard InChI is InChI=1S/C24H29F4N3O3/c25-18-7-17(24(26,27)28)2-1-14(18)11-31-3-4-34-19(12-31)21(32)30-20-15-5-13-6-16(20)10-23(8-13,9-15)22(29)33/h1-2,7,13,15-16,19-20H,3-6,8-12H2,(H2,29,33)(H,30,32)/t13?,15?,16?,19-,20?,23?/m1/s1. The first-order valence-electron chi connectivity index (χ1n) is 11.8. The normalized spacial score (nSPS) is 35.4. The van der Waals surface area contributed by atoms with Gasteiger partial charge in [0.1, 0.15) is 11.9 Å². The fraction of sp³-hybridized carbons (Fsp3) is 0.667. The maximum atomic E-state index is 14.3. The Balaban J connectivity index is 1.20. The lowest BCUT2D eigenvalue weighted by Gasteiger charge is -2.59. The number of nitrogens with one attached hydrogen (secondary N) is 1. The summed E-state index contributed by atoms with van der Waals surface area (Å²) in [5, 5.41) is 3.17. The third-order valence-corrected chi connectivity index (χ3v) is 8.32. The van der Waals surface area contributed by atoms with E-state index in [2.05, 4.69) is 5.32 Å². The van der Waals surface area contributed by atoms with Gasteiger partial charge in [0.15, 0.2) is 0 Å². The molecule has 5 aliphatic rings. The fourth-order valence-electron chi connectivity index (χ4n) is 6.92. The van der Waals surface area contributed by atoms with Crippen molar-refractivity contribution in [1.29, 1.82) is 0 Å². The molecule has 1 aromatic rings. The predicted molar refractivity (Wildman–Crippen MR) is 114 cm³/mol. The summed E-state index contributed by atoms with van der Waals surface area (Å²) >= 11 is 0. The van der Waals surface area contributed by atoms with E-state index in [1.165, 1.54) is 0 Å². The number of halogens is 4. The van der Waals surface area contributed by atoms with Crippen molar-refractivity contribution in [3.05, 3.63) is 35.1 Å². The Kier molecular flexibility index (Phi) is 5.87. The molecule has 0 aromatic heterocycles. The number of nitrogens with two attached hydrogens (primary N) is 1. The Morgan fingerprint density at radius 2 is 1.88 bits per heavy atom. The van der Waals surface area contributed by atoms with Crippen LogP contribution >= 0.6 is 0 Å². The summed E-state index contributed by atoms with van der Waals surface area (Å²) < 4.78 is 58.4. The van der Waals surface area contributed by atoms with Crippen LogP contribution in [0.25, 0.3) is 0 Å². The molecule has 4 saturated carbocycles. The van der Waals surface area contributed by atoms with Crippen LogP contribution in [0.5, 0.6) is 0 Å². The summed E-state index contributed by atoms with van der Waals surface area (Å²) in [4.78, 5) is 27.0. The number of hydrogen-bond donors (Lipinski definition) is 2. The quantitative estimate of drug-likeness (QED) is 0.631. The molecule has 2 amide bonds. The summed E-state index contributed by atoms with van der Waals surface area (Å²) in [6.45, 7) is 1.03. The number of amides is 2. The molecule has 6 rings (SSSR count). The minimum atomic E-state index is -4.60. The van der Waals surface area contributed by atoms with Crippen LogP contribution in [0, 0.1) is 29.0 Å². The van der Waals surface area contributed by atoms with Gasteiger partial charge in [0.2, 0.25) is 5.91 Å². The van der Waals surface area contributed by atoms with Crippen LogP contribution in [0.4, 0.5) is 17.6 Å². The van der Waals surface area contributed by atoms with Crippen LogP contribution in [0.2, 0.25) is 0 Å². The van der Waals surface area contributed by atoms with Crippen LogP contribution in [-0.2, 0) is 27.0 Å². The monoisotopic (exact) mass is 483 g/mol. The van der Waals surface area contributed by atoms with Gasteiger partial charge in [0.25, 0.3) is 5.91 Å². The Morgan fingerprint density at radius 3 is 2.50 bits per heavy atom. The minimum absolute atomic E-state index is 0.0112. The number of rotatable bonds is 5. The summed E-state index contributed by atoms with van der Waals surface area (Å²) in [5.74, 6) is -0.439. The number of carbonyl (C=O) groups is 2. The Bertz CT molecular complexity index is 969. The van der Waals surface area contributed by atoms with Gasteiger partial charge in [0, 0.05) is 36.7 Å². The van der Waals surface area contributed by atoms with Gasteiger partial charge in [0.05, 0.1) is 12.2 Å². The predicted octanol–water partition coefficient (Wildman–Crippen LogP) is 2.84. The van der Waals surface area contributed by atoms with Gasteiger partial charge in [-0.25, -0.2) is 4.39 Å². The van der Waals surface area contributed by atoms with Crippen molar-refractivity contribution in [1.82, 2.24) is 10.2 Å². The van der Waals surface area contributed by atoms with Gasteiger partial charge < -0.3 is 15.8 Å². The first-order valence-corrected chi connectivity index (χ1v) is 11.8. The molecular weight excluding hydrogens is 454 g/mol. The van der Waals surface area contributed by atoms with Crippen molar-refractivity contribution >= 4 is 11.8 Å². The van der Waals surface area contributed by atoms with Gasteiger partial charge in [-0.15, -0.1) is 0 Å². The molecule has 6 nitrogen and oxygen atoms in total. The van der Waals surface area contributed by atoms with Gasteiger partial charge in [-0.3, -0.25) is 14.5 Å². The van der Waals surface area contributed by atoms with Crippen molar-refractivity contribution < 1.29 is 31.9 Å². The smallest absolute Gasteiger partial charge is 0.369 e. The van der Waals surface area contributed by atoms with Crippen molar-refractivity contribution in [2.45, 2.75) is 57.0 Å². The largest absolute Gasteiger partial charge is 0.416 e. The van der Waals surface area contributed by atoms with E-state index in [-0.39, 0.29) is 55.0 Å². The molecule has 34 heavy (non-hydrogen) atoms. The third-order valence-electron chi connectivity index (χ3n) is 8.32. The Morgan fingerprint density at radius 1 is 1.18 bits per heavy atom. The zero-order valence-electron chi connectivity index (χ0n) is 18.7. The molecule has 1 heterocycles. The van der Waals surface area contributed by atoms with E-state index in [9.17, 15) is 27.2 Å². The fourth-order valence-corrected chi connectivity index (χ4v) is 6.92. The average molecular weight is 484 g/mol. The average Bonchev–Trinajstić information content (AvgIpc) is 2.76. The molecule has 2 unspecified atom stereocenters. The molecule has 3 N–H and O–H groups in total. The van der Waals surface area contributed by atoms with E-state index in [1.54, 1.807) is 0 Å². The molecule has 4 bridgehead atoms. The van der Waals surface area contributed by atoms with Crippen molar-refractivity contribution in [2.75, 3.05) is 19.7 Å². The zero-order valence-corrected chi connectivity index (χ0v) is 18.7. The topological polar surface area (TPSA) is 84.7 Å². The van der Waals surface area contributed by atoms with Crippen LogP contribution < -0.4 is 11.1 Å². The number of hydrogen-bond acceptors (Lipinski definition) is 4. The van der Waals surface area contributed by atoms with E-state index < -0.39 is 29.1 Å². The number of morpholine rings is 1. The first kappa shape index (κ1) is 23.5. The lowest BCUT2D eigenvalue weighted by Crippen LogP contribution is -2.63. The van der Waals surface area contributed by atoms with E-state index in [1.807, 2.05) is 4.90 Å². The number of carbonyl (C=O) groups excluding carboxylic acids is 2. The molecule has 5 fully saturated rings. The van der Waals surface area contributed by atoms with Crippen LogP contribution in [0.15, 0.2) is 18.2 Å². The molecule has 0 radical (unpaired) electrons. The van der Waals surface area contributed by atoms with E-state index in [0.29, 0.717) is 31.4 Å². The summed E-state index contributed by atoms with van der Waals surface area (Å²) in [6.07, 6.45) is -1.08. The molecule has 10 heteroatoms. The van der Waals surface area contributed by atoms with E-state index in [0.717, 1.165) is 31.4 Å². The zero-order chi connectivity index (χ0) is 24.3. The molecule has 186 valence electrons. The highest BCUT2D eigenvalue weighted by Gasteiger charge is 2.58. The molecule has 1 aromatic carbocycles. The Labute approximate surface area is 195 Å². The number of benzene rings is 1. The molecular formula is C24H29F4N3O3. The van der Waals surface area contributed by atoms with Crippen LogP contribution in [0.3, 0.4) is 0 Å². The second-order valence-corrected chi connectivity index (χ2v) is 10.5. The third kappa shape index (κ3) is 4.30. The van der Waals surface area contributed by atoms with E-state index >= 15 is 0 Å². The number of nitrogens with zero attached hydrogens (tertiary/aromatic N) is 1. The highest BCUT2D eigenvalue weighted by atomic mass is 19.4. The SMILES string of the molecule is NC(=O)C12CC3CC(C1)C(NC(=O)[C@H]1CN(Cc4ccc(C(F)(F)F)cc4F)CCO1)C(C3)C2. The summed E-state index contributed by atoms with van der Waals surface area (Å²) in [6, 6.07) is 2.51. The first-order chi connectivity index (χ1) is 16.0. The maximum absolute atomic E-state index is 14.3. The molecule has 1 aliphatic heterocycles. The van der Waals surface area contributed by atoms with Crippen molar-refractivity contribution in [2.24, 2.45) is 28.9 Å². The van der Waals surface area contributed by atoms with Gasteiger partial charge in [-0.1, -0.05) is 6.07 Å². The number of primary amides is 1. The van der Waals surface area contributed by atoms with Crippen molar-refractivity contribution in [3.63, 3.8) is 0 Å². The van der Waals surface area contributed by atoms with Crippen molar-refractivity contribution in [3.8, 4) is 0 Å². The van der Waals surface area contributed by atoms with Gasteiger partial charge >= 0.3 is 6.18 Å². The second kappa shape index (κ2) is 8.48. The second-order valence-electron chi connectivity index (χ2n) is 10.5. The highest BCUT2D eigenvalue weighted by Crippen LogP contribution is 2.59. The lowest BCUT2D eigenvalue weighted by atomic mass is 9.47. The lowest BCUT2D eigenvalue weighted by molar-refractivity contribution is -0.151. The highest BCUT2D eigenvalue weighted by molar-refractivity contribution is 5.83. The number of ether oxygens (including phenoxy) is 1. The Hall–Kier alpha value is -2.20. The molecule has 0 spiro atoms. The maximum Gasteiger partial charge on any atom is 0.416 e. The van der Waals surface area contributed by atoms with E-state index in [4.69, 9.17) is 10.5 Å². The summed E-state index contributed by atoms with van der Waals surface area (Å²) in [5.41, 5.74) is 4.43. The molecule has 3 atom stereocenters. The molecule has 1 saturated heterocycles. The van der Waals surface area contributed by atoms with Crippen LogP contribution in [0.1, 0.15) is 43.2 Å². The van der Waals surface area contributed by atoms with Crippen LogP contribution in [-0.4, -0.2) is 48.6 Å². The minimum Gasteiger partial charge on any atom is -0.369 e.